The number of methoxy groups -OCH3 is 2. The highest BCUT2D eigenvalue weighted by Gasteiger charge is 2.32. The van der Waals surface area contributed by atoms with E-state index < -0.39 is 0 Å². The van der Waals surface area contributed by atoms with Crippen LogP contribution in [0, 0.1) is 0 Å². The molecule has 1 aliphatic rings. The van der Waals surface area contributed by atoms with Gasteiger partial charge in [-0.05, 0) is 59.5 Å². The van der Waals surface area contributed by atoms with Crippen LogP contribution in [0.25, 0.3) is 10.9 Å². The molecule has 6 heteroatoms. The summed E-state index contributed by atoms with van der Waals surface area (Å²) in [6, 6.07) is 16.4. The third kappa shape index (κ3) is 3.61. The van der Waals surface area contributed by atoms with Crippen LogP contribution in [0.3, 0.4) is 0 Å². The minimum Gasteiger partial charge on any atom is -0.497 e. The number of H-pyrrole nitrogens is 1. The molecular weight excluding hydrogens is 402 g/mol. The summed E-state index contributed by atoms with van der Waals surface area (Å²) in [4.78, 5) is 10.6. The molecule has 3 heterocycles. The third-order valence-electron chi connectivity index (χ3n) is 6.33. The standard InChI is InChI=1S/C26H27N3O3/c1-31-20-6-7-23-22(13-20)21-9-11-29(15-17-5-8-24(32-2)19(12-17)16-30)26(25(21)28-23)18-4-3-10-27-14-18/h3-8,10,12-14,26,28,30H,9,11,15-16H2,1-2H3. The number of rotatable bonds is 6. The number of ether oxygens (including phenoxy) is 2. The minimum atomic E-state index is -0.0446. The Hall–Kier alpha value is -3.35. The van der Waals surface area contributed by atoms with Crippen molar-refractivity contribution in [3.05, 3.63) is 88.9 Å². The van der Waals surface area contributed by atoms with Gasteiger partial charge >= 0.3 is 0 Å². The smallest absolute Gasteiger partial charge is 0.124 e. The lowest BCUT2D eigenvalue weighted by Crippen LogP contribution is -2.35. The summed E-state index contributed by atoms with van der Waals surface area (Å²) in [5.74, 6) is 1.58. The number of hydrogen-bond donors (Lipinski definition) is 2. The van der Waals surface area contributed by atoms with Crippen LogP contribution < -0.4 is 9.47 Å². The van der Waals surface area contributed by atoms with Crippen molar-refractivity contribution in [3.63, 3.8) is 0 Å². The molecular formula is C26H27N3O3. The Kier molecular flexibility index (Phi) is 5.55. The highest BCUT2D eigenvalue weighted by Crippen LogP contribution is 2.40. The van der Waals surface area contributed by atoms with E-state index in [9.17, 15) is 5.11 Å². The van der Waals surface area contributed by atoms with Gasteiger partial charge in [-0.15, -0.1) is 0 Å². The molecule has 0 radical (unpaired) electrons. The summed E-state index contributed by atoms with van der Waals surface area (Å²) in [5, 5.41) is 11.0. The van der Waals surface area contributed by atoms with Gasteiger partial charge in [-0.25, -0.2) is 0 Å². The molecule has 2 N–H and O–H groups in total. The monoisotopic (exact) mass is 429 g/mol. The third-order valence-corrected chi connectivity index (χ3v) is 6.33. The van der Waals surface area contributed by atoms with Crippen molar-refractivity contribution in [3.8, 4) is 11.5 Å². The number of nitrogens with one attached hydrogen (secondary N) is 1. The number of aliphatic hydroxyl groups excluding tert-OH is 1. The van der Waals surface area contributed by atoms with E-state index in [1.54, 1.807) is 14.2 Å². The number of pyridine rings is 1. The first-order valence-electron chi connectivity index (χ1n) is 10.8. The molecule has 0 saturated carbocycles. The molecule has 32 heavy (non-hydrogen) atoms. The van der Waals surface area contributed by atoms with Gasteiger partial charge in [0.1, 0.15) is 11.5 Å². The van der Waals surface area contributed by atoms with E-state index in [1.165, 1.54) is 16.6 Å². The molecule has 2 aromatic carbocycles. The summed E-state index contributed by atoms with van der Waals surface area (Å²) in [6.45, 7) is 1.63. The van der Waals surface area contributed by atoms with E-state index in [-0.39, 0.29) is 12.6 Å². The molecule has 1 atom stereocenters. The van der Waals surface area contributed by atoms with Crippen molar-refractivity contribution < 1.29 is 14.6 Å². The van der Waals surface area contributed by atoms with E-state index in [1.807, 2.05) is 36.7 Å². The zero-order valence-corrected chi connectivity index (χ0v) is 18.3. The molecule has 2 aromatic heterocycles. The van der Waals surface area contributed by atoms with Crippen LogP contribution in [0.5, 0.6) is 11.5 Å². The van der Waals surface area contributed by atoms with Gasteiger partial charge in [0.2, 0.25) is 0 Å². The summed E-state index contributed by atoms with van der Waals surface area (Å²) in [7, 11) is 3.33. The van der Waals surface area contributed by atoms with Gasteiger partial charge < -0.3 is 19.6 Å². The van der Waals surface area contributed by atoms with Gasteiger partial charge in [0.25, 0.3) is 0 Å². The van der Waals surface area contributed by atoms with Crippen molar-refractivity contribution in [2.24, 2.45) is 0 Å². The zero-order valence-electron chi connectivity index (χ0n) is 18.3. The molecule has 4 aromatic rings. The number of aromatic amines is 1. The van der Waals surface area contributed by atoms with Gasteiger partial charge in [0, 0.05) is 47.6 Å². The lowest BCUT2D eigenvalue weighted by molar-refractivity contribution is 0.201. The Balaban J connectivity index is 1.57. The van der Waals surface area contributed by atoms with Crippen molar-refractivity contribution in [1.82, 2.24) is 14.9 Å². The number of aliphatic hydroxyl groups is 1. The summed E-state index contributed by atoms with van der Waals surface area (Å²) < 4.78 is 10.8. The van der Waals surface area contributed by atoms with Crippen LogP contribution >= 0.6 is 0 Å². The number of hydrogen-bond acceptors (Lipinski definition) is 5. The fraction of sp³-hybridized carbons (Fsp3) is 0.269. The van der Waals surface area contributed by atoms with Crippen molar-refractivity contribution in [2.75, 3.05) is 20.8 Å². The van der Waals surface area contributed by atoms with Crippen LogP contribution in [0.4, 0.5) is 0 Å². The largest absolute Gasteiger partial charge is 0.497 e. The Labute approximate surface area is 187 Å². The molecule has 164 valence electrons. The second-order valence-corrected chi connectivity index (χ2v) is 8.14. The SMILES string of the molecule is COc1ccc2[nH]c3c(c2c1)CCN(Cc1ccc(OC)c(CO)c1)C3c1cccnc1. The maximum Gasteiger partial charge on any atom is 0.124 e. The number of nitrogens with zero attached hydrogens (tertiary/aromatic N) is 2. The van der Waals surface area contributed by atoms with Crippen LogP contribution in [0.15, 0.2) is 60.9 Å². The first kappa shape index (κ1) is 20.5. The predicted molar refractivity (Wildman–Crippen MR) is 124 cm³/mol. The molecule has 0 aliphatic carbocycles. The normalized spacial score (nSPS) is 16.2. The molecule has 1 unspecified atom stereocenters. The second-order valence-electron chi connectivity index (χ2n) is 8.14. The van der Waals surface area contributed by atoms with Crippen molar-refractivity contribution in [1.29, 1.82) is 0 Å². The molecule has 1 aliphatic heterocycles. The Morgan fingerprint density at radius 3 is 2.78 bits per heavy atom. The van der Waals surface area contributed by atoms with Crippen molar-refractivity contribution in [2.45, 2.75) is 25.6 Å². The maximum atomic E-state index is 9.75. The molecule has 0 bridgehead atoms. The maximum absolute atomic E-state index is 9.75. The highest BCUT2D eigenvalue weighted by atomic mass is 16.5. The van der Waals surface area contributed by atoms with Crippen LogP contribution in [-0.4, -0.2) is 40.7 Å². The number of benzene rings is 2. The highest BCUT2D eigenvalue weighted by molar-refractivity contribution is 5.86. The molecule has 0 spiro atoms. The van der Waals surface area contributed by atoms with E-state index in [0.29, 0.717) is 5.75 Å². The molecule has 0 fully saturated rings. The summed E-state index contributed by atoms with van der Waals surface area (Å²) in [6.07, 6.45) is 4.71. The first-order chi connectivity index (χ1) is 15.7. The average molecular weight is 430 g/mol. The Morgan fingerprint density at radius 1 is 1.12 bits per heavy atom. The van der Waals surface area contributed by atoms with Gasteiger partial charge in [0.15, 0.2) is 0 Å². The van der Waals surface area contributed by atoms with Gasteiger partial charge in [-0.3, -0.25) is 9.88 Å². The molecule has 0 amide bonds. The summed E-state index contributed by atoms with van der Waals surface area (Å²) >= 11 is 0. The van der Waals surface area contributed by atoms with Crippen LogP contribution in [0.1, 0.15) is 34.0 Å². The number of fused-ring (bicyclic) bond motifs is 3. The first-order valence-corrected chi connectivity index (χ1v) is 10.8. The Morgan fingerprint density at radius 2 is 2.03 bits per heavy atom. The second kappa shape index (κ2) is 8.65. The minimum absolute atomic E-state index is 0.0446. The van der Waals surface area contributed by atoms with Crippen LogP contribution in [0.2, 0.25) is 0 Å². The molecule has 6 nitrogen and oxygen atoms in total. The lowest BCUT2D eigenvalue weighted by atomic mass is 9.92. The van der Waals surface area contributed by atoms with Gasteiger partial charge in [0.05, 0.1) is 26.9 Å². The molecule has 5 rings (SSSR count). The quantitative estimate of drug-likeness (QED) is 0.480. The molecule has 0 saturated heterocycles. The van der Waals surface area contributed by atoms with Crippen molar-refractivity contribution >= 4 is 10.9 Å². The lowest BCUT2D eigenvalue weighted by Gasteiger charge is -2.36. The van der Waals surface area contributed by atoms with Crippen LogP contribution in [-0.2, 0) is 19.6 Å². The van der Waals surface area contributed by atoms with Gasteiger partial charge in [-0.2, -0.15) is 0 Å². The topological polar surface area (TPSA) is 70.6 Å². The summed E-state index contributed by atoms with van der Waals surface area (Å²) in [5.41, 5.74) is 6.78. The fourth-order valence-corrected chi connectivity index (χ4v) is 4.82. The van der Waals surface area contributed by atoms with E-state index in [2.05, 4.69) is 39.1 Å². The van der Waals surface area contributed by atoms with E-state index in [0.717, 1.165) is 47.5 Å². The number of aromatic nitrogens is 2. The zero-order chi connectivity index (χ0) is 22.1. The fourth-order valence-electron chi connectivity index (χ4n) is 4.82. The van der Waals surface area contributed by atoms with Gasteiger partial charge in [-0.1, -0.05) is 12.1 Å². The van der Waals surface area contributed by atoms with E-state index >= 15 is 0 Å². The average Bonchev–Trinajstić information content (AvgIpc) is 3.22. The van der Waals surface area contributed by atoms with E-state index in [4.69, 9.17) is 9.47 Å². The Bertz CT molecular complexity index is 1240. The predicted octanol–water partition coefficient (Wildman–Crippen LogP) is 4.22.